The van der Waals surface area contributed by atoms with Crippen LogP contribution in [0.2, 0.25) is 0 Å². The van der Waals surface area contributed by atoms with Gasteiger partial charge in [-0.2, -0.15) is 0 Å². The third kappa shape index (κ3) is 2.22. The Balaban J connectivity index is 2.69. The van der Waals surface area contributed by atoms with Gasteiger partial charge in [0.2, 0.25) is 5.91 Å². The SMILES string of the molecule is CCN1C(=O)CCc2cc(OC)c(OC)cc2S1(=O)=O. The molecule has 0 atom stereocenters. The molecule has 1 aromatic carbocycles. The number of rotatable bonds is 3. The normalized spacial score (nSPS) is 17.4. The molecule has 0 unspecified atom stereocenters. The van der Waals surface area contributed by atoms with E-state index in [1.54, 1.807) is 13.0 Å². The lowest BCUT2D eigenvalue weighted by Crippen LogP contribution is -2.35. The van der Waals surface area contributed by atoms with Crippen molar-refractivity contribution in [1.29, 1.82) is 0 Å². The average molecular weight is 299 g/mol. The van der Waals surface area contributed by atoms with Crippen LogP contribution in [0.15, 0.2) is 17.0 Å². The molecule has 1 amide bonds. The van der Waals surface area contributed by atoms with Gasteiger partial charge < -0.3 is 9.47 Å². The summed E-state index contributed by atoms with van der Waals surface area (Å²) in [7, 11) is -0.902. The number of amides is 1. The highest BCUT2D eigenvalue weighted by molar-refractivity contribution is 7.89. The van der Waals surface area contributed by atoms with Crippen molar-refractivity contribution in [3.63, 3.8) is 0 Å². The molecule has 0 N–H and O–H groups in total. The van der Waals surface area contributed by atoms with Crippen LogP contribution in [0.3, 0.4) is 0 Å². The first-order chi connectivity index (χ1) is 9.45. The minimum atomic E-state index is -3.83. The Kier molecular flexibility index (Phi) is 3.89. The summed E-state index contributed by atoms with van der Waals surface area (Å²) in [5.74, 6) is 0.403. The molecule has 0 fully saturated rings. The van der Waals surface area contributed by atoms with Crippen molar-refractivity contribution in [3.05, 3.63) is 17.7 Å². The van der Waals surface area contributed by atoms with Crippen molar-refractivity contribution in [1.82, 2.24) is 4.31 Å². The van der Waals surface area contributed by atoms with E-state index in [0.717, 1.165) is 4.31 Å². The Morgan fingerprint density at radius 2 is 1.75 bits per heavy atom. The molecule has 1 heterocycles. The van der Waals surface area contributed by atoms with E-state index >= 15 is 0 Å². The second kappa shape index (κ2) is 5.32. The van der Waals surface area contributed by atoms with Crippen LogP contribution >= 0.6 is 0 Å². The van der Waals surface area contributed by atoms with Gasteiger partial charge in [0.05, 0.1) is 19.1 Å². The van der Waals surface area contributed by atoms with Crippen LogP contribution in [0.5, 0.6) is 11.5 Å². The quantitative estimate of drug-likeness (QED) is 0.838. The molecule has 0 saturated heterocycles. The van der Waals surface area contributed by atoms with Crippen LogP contribution in [-0.2, 0) is 21.2 Å². The predicted octanol–water partition coefficient (Wildman–Crippen LogP) is 1.19. The minimum Gasteiger partial charge on any atom is -0.493 e. The van der Waals surface area contributed by atoms with Gasteiger partial charge >= 0.3 is 0 Å². The predicted molar refractivity (Wildman–Crippen MR) is 72.4 cm³/mol. The molecular formula is C13H17NO5S. The van der Waals surface area contributed by atoms with Gasteiger partial charge in [-0.3, -0.25) is 4.79 Å². The van der Waals surface area contributed by atoms with Crippen LogP contribution in [0, 0.1) is 0 Å². The highest BCUT2D eigenvalue weighted by Gasteiger charge is 2.34. The van der Waals surface area contributed by atoms with Gasteiger partial charge in [-0.15, -0.1) is 0 Å². The molecule has 0 radical (unpaired) electrons. The molecule has 0 saturated carbocycles. The number of aryl methyl sites for hydroxylation is 1. The lowest BCUT2D eigenvalue weighted by Gasteiger charge is -2.19. The zero-order valence-electron chi connectivity index (χ0n) is 11.7. The number of hydrogen-bond donors (Lipinski definition) is 0. The third-order valence-electron chi connectivity index (χ3n) is 3.31. The lowest BCUT2D eigenvalue weighted by molar-refractivity contribution is -0.126. The van der Waals surface area contributed by atoms with Crippen LogP contribution in [0.25, 0.3) is 0 Å². The number of methoxy groups -OCH3 is 2. The highest BCUT2D eigenvalue weighted by atomic mass is 32.2. The smallest absolute Gasteiger partial charge is 0.266 e. The van der Waals surface area contributed by atoms with Crippen molar-refractivity contribution in [2.24, 2.45) is 0 Å². The molecule has 110 valence electrons. The molecule has 0 aliphatic carbocycles. The van der Waals surface area contributed by atoms with Crippen LogP contribution < -0.4 is 9.47 Å². The number of ether oxygens (including phenoxy) is 2. The molecule has 0 bridgehead atoms. The number of carbonyl (C=O) groups is 1. The fourth-order valence-corrected chi connectivity index (χ4v) is 3.99. The maximum atomic E-state index is 12.5. The molecule has 2 rings (SSSR count). The monoisotopic (exact) mass is 299 g/mol. The van der Waals surface area contributed by atoms with E-state index in [2.05, 4.69) is 0 Å². The van der Waals surface area contributed by atoms with E-state index in [0.29, 0.717) is 23.5 Å². The van der Waals surface area contributed by atoms with Gasteiger partial charge in [-0.25, -0.2) is 12.7 Å². The summed E-state index contributed by atoms with van der Waals surface area (Å²) in [6, 6.07) is 3.04. The number of nitrogens with zero attached hydrogens (tertiary/aromatic N) is 1. The second-order valence-corrected chi connectivity index (χ2v) is 6.21. The first kappa shape index (κ1) is 14.6. The van der Waals surface area contributed by atoms with Crippen LogP contribution in [0.4, 0.5) is 0 Å². The Bertz CT molecular complexity index is 638. The topological polar surface area (TPSA) is 72.9 Å². The number of benzene rings is 1. The van der Waals surface area contributed by atoms with E-state index < -0.39 is 10.0 Å². The fraction of sp³-hybridized carbons (Fsp3) is 0.462. The van der Waals surface area contributed by atoms with Crippen molar-refractivity contribution in [2.75, 3.05) is 20.8 Å². The average Bonchev–Trinajstić information content (AvgIpc) is 2.52. The summed E-state index contributed by atoms with van der Waals surface area (Å²) < 4.78 is 36.3. The van der Waals surface area contributed by atoms with Crippen LogP contribution in [0.1, 0.15) is 18.9 Å². The standard InChI is InChI=1S/C13H17NO5S/c1-4-14-13(15)6-5-9-7-10(18-2)11(19-3)8-12(9)20(14,16)17/h7-8H,4-6H2,1-3H3. The molecule has 1 aromatic rings. The van der Waals surface area contributed by atoms with E-state index in [1.807, 2.05) is 0 Å². The van der Waals surface area contributed by atoms with Gasteiger partial charge in [0.25, 0.3) is 10.0 Å². The fourth-order valence-electron chi connectivity index (χ4n) is 2.30. The largest absolute Gasteiger partial charge is 0.493 e. The van der Waals surface area contributed by atoms with Crippen LogP contribution in [-0.4, -0.2) is 39.4 Å². The first-order valence-corrected chi connectivity index (χ1v) is 7.70. The molecule has 1 aliphatic rings. The summed E-state index contributed by atoms with van der Waals surface area (Å²) in [5.41, 5.74) is 0.576. The maximum Gasteiger partial charge on any atom is 0.266 e. The third-order valence-corrected chi connectivity index (χ3v) is 5.29. The highest BCUT2D eigenvalue weighted by Crippen LogP contribution is 2.36. The number of hydrogen-bond acceptors (Lipinski definition) is 5. The molecule has 0 aromatic heterocycles. The van der Waals surface area contributed by atoms with E-state index in [4.69, 9.17) is 9.47 Å². The molecular weight excluding hydrogens is 282 g/mol. The van der Waals surface area contributed by atoms with Crippen molar-refractivity contribution < 1.29 is 22.7 Å². The zero-order valence-corrected chi connectivity index (χ0v) is 12.5. The number of carbonyl (C=O) groups excluding carboxylic acids is 1. The summed E-state index contributed by atoms with van der Waals surface area (Å²) >= 11 is 0. The van der Waals surface area contributed by atoms with E-state index in [1.165, 1.54) is 20.3 Å². The van der Waals surface area contributed by atoms with E-state index in [9.17, 15) is 13.2 Å². The molecule has 7 heteroatoms. The molecule has 6 nitrogen and oxygen atoms in total. The molecule has 0 spiro atoms. The van der Waals surface area contributed by atoms with Crippen molar-refractivity contribution in [3.8, 4) is 11.5 Å². The maximum absolute atomic E-state index is 12.5. The molecule has 20 heavy (non-hydrogen) atoms. The lowest BCUT2D eigenvalue weighted by atomic mass is 10.1. The number of fused-ring (bicyclic) bond motifs is 1. The summed E-state index contributed by atoms with van der Waals surface area (Å²) in [5, 5.41) is 0. The van der Waals surface area contributed by atoms with Gasteiger partial charge in [0.1, 0.15) is 0 Å². The van der Waals surface area contributed by atoms with Gasteiger partial charge in [-0.1, -0.05) is 0 Å². The minimum absolute atomic E-state index is 0.114. The van der Waals surface area contributed by atoms with E-state index in [-0.39, 0.29) is 23.8 Å². The van der Waals surface area contributed by atoms with Crippen molar-refractivity contribution >= 4 is 15.9 Å². The number of sulfonamides is 1. The van der Waals surface area contributed by atoms with Gasteiger partial charge in [0, 0.05) is 19.0 Å². The summed E-state index contributed by atoms with van der Waals surface area (Å²) in [6.07, 6.45) is 0.528. The second-order valence-electron chi connectivity index (χ2n) is 4.38. The Morgan fingerprint density at radius 1 is 1.15 bits per heavy atom. The van der Waals surface area contributed by atoms with Gasteiger partial charge in [0.15, 0.2) is 11.5 Å². The molecule has 1 aliphatic heterocycles. The van der Waals surface area contributed by atoms with Gasteiger partial charge in [-0.05, 0) is 25.0 Å². The summed E-state index contributed by atoms with van der Waals surface area (Å²) in [4.78, 5) is 12.0. The Hall–Kier alpha value is -1.76. The first-order valence-electron chi connectivity index (χ1n) is 6.26. The summed E-state index contributed by atoms with van der Waals surface area (Å²) in [6.45, 7) is 1.76. The zero-order chi connectivity index (χ0) is 14.9. The van der Waals surface area contributed by atoms with Crippen molar-refractivity contribution in [2.45, 2.75) is 24.7 Å². The Morgan fingerprint density at radius 3 is 2.30 bits per heavy atom. The Labute approximate surface area is 118 Å².